The van der Waals surface area contributed by atoms with Crippen LogP contribution >= 0.6 is 0 Å². The van der Waals surface area contributed by atoms with Crippen molar-refractivity contribution in [1.82, 2.24) is 10.2 Å². The molecule has 0 amide bonds. The second-order valence-corrected chi connectivity index (χ2v) is 5.46. The molecule has 1 rings (SSSR count). The molecule has 0 spiro atoms. The van der Waals surface area contributed by atoms with Gasteiger partial charge >= 0.3 is 0 Å². The molecule has 1 aliphatic heterocycles. The van der Waals surface area contributed by atoms with E-state index >= 15 is 0 Å². The number of amidine groups is 1. The van der Waals surface area contributed by atoms with E-state index in [2.05, 4.69) is 29.1 Å². The van der Waals surface area contributed by atoms with E-state index in [1.807, 2.05) is 0 Å². The zero-order valence-corrected chi connectivity index (χ0v) is 12.1. The minimum Gasteiger partial charge on any atom is -0.357 e. The van der Waals surface area contributed by atoms with Gasteiger partial charge in [0.15, 0.2) is 0 Å². The Balaban J connectivity index is 2.11. The smallest absolute Gasteiger partial charge is 0.0990 e. The Morgan fingerprint density at radius 3 is 2.89 bits per heavy atom. The van der Waals surface area contributed by atoms with Crippen molar-refractivity contribution in [2.45, 2.75) is 39.5 Å². The SMILES string of the molecule is CC(C)CCCCC1=NCCN1CCNCCN. The maximum Gasteiger partial charge on any atom is 0.0990 e. The largest absolute Gasteiger partial charge is 0.357 e. The van der Waals surface area contributed by atoms with E-state index in [9.17, 15) is 0 Å². The van der Waals surface area contributed by atoms with Gasteiger partial charge in [0.05, 0.1) is 12.4 Å². The molecule has 0 radical (unpaired) electrons. The molecule has 0 unspecified atom stereocenters. The van der Waals surface area contributed by atoms with Gasteiger partial charge < -0.3 is 16.0 Å². The first kappa shape index (κ1) is 15.4. The molecule has 0 fully saturated rings. The lowest BCUT2D eigenvalue weighted by molar-refractivity contribution is 0.434. The molecule has 0 atom stereocenters. The van der Waals surface area contributed by atoms with Gasteiger partial charge in [0.25, 0.3) is 0 Å². The lowest BCUT2D eigenvalue weighted by atomic mass is 10.1. The van der Waals surface area contributed by atoms with E-state index in [1.165, 1.54) is 25.1 Å². The fourth-order valence-corrected chi connectivity index (χ4v) is 2.28. The van der Waals surface area contributed by atoms with Crippen molar-refractivity contribution in [2.24, 2.45) is 16.6 Å². The number of nitrogens with two attached hydrogens (primary N) is 1. The molecule has 1 heterocycles. The maximum atomic E-state index is 5.46. The van der Waals surface area contributed by atoms with Gasteiger partial charge in [-0.05, 0) is 12.3 Å². The maximum absolute atomic E-state index is 5.46. The van der Waals surface area contributed by atoms with Crippen LogP contribution in [0.5, 0.6) is 0 Å². The Labute approximate surface area is 112 Å². The highest BCUT2D eigenvalue weighted by molar-refractivity contribution is 5.83. The van der Waals surface area contributed by atoms with Crippen molar-refractivity contribution in [3.8, 4) is 0 Å². The standard InChI is InChI=1S/C14H30N4/c1-13(2)5-3-4-6-14-17-10-12-18(14)11-9-16-8-7-15/h13,16H,3-12,15H2,1-2H3. The zero-order chi connectivity index (χ0) is 13.2. The van der Waals surface area contributed by atoms with Crippen molar-refractivity contribution >= 4 is 5.84 Å². The molecule has 0 bridgehead atoms. The van der Waals surface area contributed by atoms with E-state index in [-0.39, 0.29) is 0 Å². The van der Waals surface area contributed by atoms with Crippen LogP contribution in [-0.2, 0) is 0 Å². The van der Waals surface area contributed by atoms with Crippen LogP contribution in [0, 0.1) is 5.92 Å². The Hall–Kier alpha value is -0.610. The monoisotopic (exact) mass is 254 g/mol. The van der Waals surface area contributed by atoms with E-state index in [1.54, 1.807) is 0 Å². The van der Waals surface area contributed by atoms with Crippen molar-refractivity contribution < 1.29 is 0 Å². The van der Waals surface area contributed by atoms with Crippen molar-refractivity contribution in [1.29, 1.82) is 0 Å². The highest BCUT2D eigenvalue weighted by atomic mass is 15.2. The molecule has 0 saturated heterocycles. The molecule has 1 aliphatic rings. The van der Waals surface area contributed by atoms with Gasteiger partial charge in [0.2, 0.25) is 0 Å². The highest BCUT2D eigenvalue weighted by Crippen LogP contribution is 2.12. The Morgan fingerprint density at radius 2 is 2.17 bits per heavy atom. The first-order chi connectivity index (χ1) is 8.74. The molecule has 3 N–H and O–H groups in total. The molecular weight excluding hydrogens is 224 g/mol. The molecule has 0 aliphatic carbocycles. The molecule has 4 heteroatoms. The summed E-state index contributed by atoms with van der Waals surface area (Å²) >= 11 is 0. The second kappa shape index (κ2) is 9.34. The van der Waals surface area contributed by atoms with Crippen LogP contribution in [0.4, 0.5) is 0 Å². The Kier molecular flexibility index (Phi) is 8.01. The minimum absolute atomic E-state index is 0.718. The number of unbranched alkanes of at least 4 members (excludes halogenated alkanes) is 1. The molecule has 0 aromatic rings. The van der Waals surface area contributed by atoms with Gasteiger partial charge in [-0.15, -0.1) is 0 Å². The van der Waals surface area contributed by atoms with Gasteiger partial charge in [0, 0.05) is 39.1 Å². The summed E-state index contributed by atoms with van der Waals surface area (Å²) in [6.45, 7) is 10.4. The van der Waals surface area contributed by atoms with Gasteiger partial charge in [-0.25, -0.2) is 0 Å². The molecular formula is C14H30N4. The molecule has 0 aromatic heterocycles. The zero-order valence-electron chi connectivity index (χ0n) is 12.1. The predicted octanol–water partition coefficient (Wildman–Crippen LogP) is 1.47. The Bertz CT molecular complexity index is 238. The first-order valence-electron chi connectivity index (χ1n) is 7.43. The number of hydrogen-bond acceptors (Lipinski definition) is 4. The highest BCUT2D eigenvalue weighted by Gasteiger charge is 2.15. The van der Waals surface area contributed by atoms with Gasteiger partial charge in [-0.2, -0.15) is 0 Å². The topological polar surface area (TPSA) is 53.6 Å². The molecule has 4 nitrogen and oxygen atoms in total. The second-order valence-electron chi connectivity index (χ2n) is 5.46. The Morgan fingerprint density at radius 1 is 1.33 bits per heavy atom. The van der Waals surface area contributed by atoms with Crippen LogP contribution in [0.3, 0.4) is 0 Å². The number of aliphatic imine (C=N–C) groups is 1. The van der Waals surface area contributed by atoms with Gasteiger partial charge in [-0.1, -0.05) is 26.7 Å². The fourth-order valence-electron chi connectivity index (χ4n) is 2.28. The number of nitrogens with one attached hydrogen (secondary N) is 1. The number of nitrogens with zero attached hydrogens (tertiary/aromatic N) is 2. The third-order valence-electron chi connectivity index (χ3n) is 3.34. The average Bonchev–Trinajstić information content (AvgIpc) is 2.78. The van der Waals surface area contributed by atoms with E-state index in [0.717, 1.165) is 51.6 Å². The first-order valence-corrected chi connectivity index (χ1v) is 7.43. The van der Waals surface area contributed by atoms with Crippen LogP contribution in [-0.4, -0.2) is 50.0 Å². The summed E-state index contributed by atoms with van der Waals surface area (Å²) < 4.78 is 0. The van der Waals surface area contributed by atoms with Crippen molar-refractivity contribution in [2.75, 3.05) is 39.3 Å². The lowest BCUT2D eigenvalue weighted by Crippen LogP contribution is -2.36. The third kappa shape index (κ3) is 6.36. The fraction of sp³-hybridized carbons (Fsp3) is 0.929. The van der Waals surface area contributed by atoms with Crippen LogP contribution in [0.2, 0.25) is 0 Å². The van der Waals surface area contributed by atoms with Gasteiger partial charge in [-0.3, -0.25) is 4.99 Å². The van der Waals surface area contributed by atoms with Crippen LogP contribution in [0.25, 0.3) is 0 Å². The van der Waals surface area contributed by atoms with E-state index in [0.29, 0.717) is 0 Å². The third-order valence-corrected chi connectivity index (χ3v) is 3.34. The number of rotatable bonds is 10. The predicted molar refractivity (Wildman–Crippen MR) is 79.1 cm³/mol. The van der Waals surface area contributed by atoms with E-state index < -0.39 is 0 Å². The van der Waals surface area contributed by atoms with Crippen molar-refractivity contribution in [3.05, 3.63) is 0 Å². The van der Waals surface area contributed by atoms with Gasteiger partial charge in [0.1, 0.15) is 0 Å². The summed E-state index contributed by atoms with van der Waals surface area (Å²) in [5.41, 5.74) is 5.46. The van der Waals surface area contributed by atoms with Crippen LogP contribution in [0.1, 0.15) is 39.5 Å². The summed E-state index contributed by atoms with van der Waals surface area (Å²) in [5.74, 6) is 2.15. The van der Waals surface area contributed by atoms with Crippen LogP contribution in [0.15, 0.2) is 4.99 Å². The minimum atomic E-state index is 0.718. The van der Waals surface area contributed by atoms with E-state index in [4.69, 9.17) is 5.73 Å². The normalized spacial score (nSPS) is 15.6. The quantitative estimate of drug-likeness (QED) is 0.580. The molecule has 106 valence electrons. The molecule has 0 saturated carbocycles. The average molecular weight is 254 g/mol. The molecule has 0 aromatic carbocycles. The summed E-state index contributed by atoms with van der Waals surface area (Å²) in [6.07, 6.45) is 5.11. The lowest BCUT2D eigenvalue weighted by Gasteiger charge is -2.20. The number of hydrogen-bond donors (Lipinski definition) is 2. The van der Waals surface area contributed by atoms with Crippen LogP contribution < -0.4 is 11.1 Å². The summed E-state index contributed by atoms with van der Waals surface area (Å²) in [6, 6.07) is 0. The summed E-state index contributed by atoms with van der Waals surface area (Å²) in [4.78, 5) is 7.05. The van der Waals surface area contributed by atoms with Crippen molar-refractivity contribution in [3.63, 3.8) is 0 Å². The summed E-state index contributed by atoms with van der Waals surface area (Å²) in [5, 5.41) is 3.34. The summed E-state index contributed by atoms with van der Waals surface area (Å²) in [7, 11) is 0. The molecule has 18 heavy (non-hydrogen) atoms.